The first-order valence-corrected chi connectivity index (χ1v) is 8.06. The van der Waals surface area contributed by atoms with Crippen LogP contribution in [0, 0.1) is 6.92 Å². The van der Waals surface area contributed by atoms with Crippen LogP contribution in [0.25, 0.3) is 11.3 Å². The Hall–Kier alpha value is -1.59. The molecule has 21 heavy (non-hydrogen) atoms. The van der Waals surface area contributed by atoms with Gasteiger partial charge in [-0.3, -0.25) is 0 Å². The van der Waals surface area contributed by atoms with Crippen molar-refractivity contribution in [1.82, 2.24) is 4.98 Å². The van der Waals surface area contributed by atoms with E-state index in [2.05, 4.69) is 4.98 Å². The molecule has 0 spiro atoms. The average molecular weight is 306 g/mol. The normalized spacial score (nSPS) is 12.2. The number of hydrogen-bond donors (Lipinski definition) is 1. The third-order valence-corrected chi connectivity index (χ3v) is 4.11. The summed E-state index contributed by atoms with van der Waals surface area (Å²) in [5.74, 6) is 1.70. The fraction of sp³-hybridized carbons (Fsp3) is 0.438. The van der Waals surface area contributed by atoms with Gasteiger partial charge in [0.1, 0.15) is 16.5 Å². The first-order valence-electron chi connectivity index (χ1n) is 7.18. The van der Waals surface area contributed by atoms with E-state index in [0.717, 1.165) is 33.3 Å². The van der Waals surface area contributed by atoms with Crippen LogP contribution in [0.4, 0.5) is 0 Å². The SMILES string of the molecule is CCOc1cc(-c2csc(C(C)N)n2)c(OCC)cc1C. The van der Waals surface area contributed by atoms with Crippen molar-refractivity contribution in [2.75, 3.05) is 13.2 Å². The number of nitrogens with zero attached hydrogens (tertiary/aromatic N) is 1. The van der Waals surface area contributed by atoms with Crippen molar-refractivity contribution in [3.8, 4) is 22.8 Å². The second kappa shape index (κ2) is 6.91. The molecule has 0 aliphatic heterocycles. The lowest BCUT2D eigenvalue weighted by molar-refractivity contribution is 0.329. The highest BCUT2D eigenvalue weighted by molar-refractivity contribution is 7.10. The van der Waals surface area contributed by atoms with Crippen molar-refractivity contribution >= 4 is 11.3 Å². The quantitative estimate of drug-likeness (QED) is 0.878. The third kappa shape index (κ3) is 3.54. The summed E-state index contributed by atoms with van der Waals surface area (Å²) in [5.41, 5.74) is 8.80. The summed E-state index contributed by atoms with van der Waals surface area (Å²) in [6.07, 6.45) is 0. The number of rotatable bonds is 6. The molecule has 1 unspecified atom stereocenters. The highest BCUT2D eigenvalue weighted by atomic mass is 32.1. The van der Waals surface area contributed by atoms with Crippen LogP contribution >= 0.6 is 11.3 Å². The summed E-state index contributed by atoms with van der Waals surface area (Å²) in [5, 5.41) is 2.94. The Kier molecular flexibility index (Phi) is 5.20. The molecule has 0 aliphatic rings. The minimum atomic E-state index is -0.0592. The highest BCUT2D eigenvalue weighted by Crippen LogP contribution is 2.37. The predicted octanol–water partition coefficient (Wildman–Crippen LogP) is 3.94. The molecular weight excluding hydrogens is 284 g/mol. The van der Waals surface area contributed by atoms with Gasteiger partial charge in [0, 0.05) is 10.9 Å². The van der Waals surface area contributed by atoms with Crippen LogP contribution in [0.5, 0.6) is 11.5 Å². The zero-order valence-electron chi connectivity index (χ0n) is 13.0. The van der Waals surface area contributed by atoms with Gasteiger partial charge in [-0.2, -0.15) is 0 Å². The van der Waals surface area contributed by atoms with Gasteiger partial charge in [-0.25, -0.2) is 4.98 Å². The van der Waals surface area contributed by atoms with Gasteiger partial charge in [0.2, 0.25) is 0 Å². The zero-order chi connectivity index (χ0) is 15.4. The Bertz CT molecular complexity index is 608. The Morgan fingerprint density at radius 1 is 1.19 bits per heavy atom. The molecule has 114 valence electrons. The molecule has 1 aromatic heterocycles. The van der Waals surface area contributed by atoms with Crippen LogP contribution in [0.15, 0.2) is 17.5 Å². The minimum absolute atomic E-state index is 0.0592. The monoisotopic (exact) mass is 306 g/mol. The summed E-state index contributed by atoms with van der Waals surface area (Å²) < 4.78 is 11.4. The maximum absolute atomic E-state index is 5.90. The lowest BCUT2D eigenvalue weighted by Gasteiger charge is -2.14. The van der Waals surface area contributed by atoms with Gasteiger partial charge in [0.05, 0.1) is 24.9 Å². The van der Waals surface area contributed by atoms with Gasteiger partial charge in [-0.15, -0.1) is 11.3 Å². The second-order valence-electron chi connectivity index (χ2n) is 4.84. The van der Waals surface area contributed by atoms with Gasteiger partial charge in [0.15, 0.2) is 0 Å². The molecule has 2 rings (SSSR count). The van der Waals surface area contributed by atoms with Crippen molar-refractivity contribution in [1.29, 1.82) is 0 Å². The minimum Gasteiger partial charge on any atom is -0.494 e. The molecule has 5 heteroatoms. The van der Waals surface area contributed by atoms with Crippen LogP contribution < -0.4 is 15.2 Å². The number of ether oxygens (including phenoxy) is 2. The van der Waals surface area contributed by atoms with Crippen molar-refractivity contribution in [2.24, 2.45) is 5.73 Å². The van der Waals surface area contributed by atoms with E-state index in [1.807, 2.05) is 45.2 Å². The van der Waals surface area contributed by atoms with Gasteiger partial charge in [0.25, 0.3) is 0 Å². The van der Waals surface area contributed by atoms with E-state index in [-0.39, 0.29) is 6.04 Å². The molecule has 0 saturated heterocycles. The van der Waals surface area contributed by atoms with Crippen LogP contribution in [0.2, 0.25) is 0 Å². The number of nitrogens with two attached hydrogens (primary N) is 1. The standard InChI is InChI=1S/C16H22N2O2S/c1-5-19-14-8-12(15(20-6-2)7-10(14)3)13-9-21-16(18-13)11(4)17/h7-9,11H,5-6,17H2,1-4H3. The topological polar surface area (TPSA) is 57.4 Å². The van der Waals surface area contributed by atoms with E-state index in [0.29, 0.717) is 13.2 Å². The zero-order valence-corrected chi connectivity index (χ0v) is 13.8. The molecule has 0 saturated carbocycles. The number of thiazole rings is 1. The van der Waals surface area contributed by atoms with E-state index in [9.17, 15) is 0 Å². The van der Waals surface area contributed by atoms with Crippen molar-refractivity contribution < 1.29 is 9.47 Å². The first kappa shape index (κ1) is 15.8. The van der Waals surface area contributed by atoms with Gasteiger partial charge >= 0.3 is 0 Å². The average Bonchev–Trinajstić information content (AvgIpc) is 2.92. The Balaban J connectivity index is 2.49. The van der Waals surface area contributed by atoms with Crippen LogP contribution in [-0.4, -0.2) is 18.2 Å². The van der Waals surface area contributed by atoms with Crippen LogP contribution in [0.3, 0.4) is 0 Å². The summed E-state index contributed by atoms with van der Waals surface area (Å²) in [7, 11) is 0. The lowest BCUT2D eigenvalue weighted by atomic mass is 10.1. The van der Waals surface area contributed by atoms with E-state index in [1.165, 1.54) is 0 Å². The van der Waals surface area contributed by atoms with E-state index in [4.69, 9.17) is 15.2 Å². The van der Waals surface area contributed by atoms with Gasteiger partial charge in [-0.05, 0) is 45.4 Å². The predicted molar refractivity (Wildman–Crippen MR) is 87.2 cm³/mol. The Morgan fingerprint density at radius 3 is 2.43 bits per heavy atom. The Labute approximate surface area is 129 Å². The van der Waals surface area contributed by atoms with Crippen molar-refractivity contribution in [3.05, 3.63) is 28.1 Å². The first-order chi connectivity index (χ1) is 10.1. The summed E-state index contributed by atoms with van der Waals surface area (Å²) in [6, 6.07) is 3.95. The molecule has 2 N–H and O–H groups in total. The maximum atomic E-state index is 5.90. The molecule has 0 aliphatic carbocycles. The fourth-order valence-corrected chi connectivity index (χ4v) is 2.85. The lowest BCUT2D eigenvalue weighted by Crippen LogP contribution is -2.04. The van der Waals surface area contributed by atoms with Gasteiger partial charge in [-0.1, -0.05) is 0 Å². The van der Waals surface area contributed by atoms with Crippen LogP contribution in [0.1, 0.15) is 37.4 Å². The van der Waals surface area contributed by atoms with Crippen molar-refractivity contribution in [2.45, 2.75) is 33.7 Å². The summed E-state index contributed by atoms with van der Waals surface area (Å²) >= 11 is 1.57. The largest absolute Gasteiger partial charge is 0.494 e. The number of aryl methyl sites for hydroxylation is 1. The number of benzene rings is 1. The molecule has 0 bridgehead atoms. The molecule has 1 aromatic carbocycles. The number of hydrogen-bond acceptors (Lipinski definition) is 5. The number of aromatic nitrogens is 1. The van der Waals surface area contributed by atoms with Crippen LogP contribution in [-0.2, 0) is 0 Å². The molecule has 4 nitrogen and oxygen atoms in total. The van der Waals surface area contributed by atoms with E-state index < -0.39 is 0 Å². The fourth-order valence-electron chi connectivity index (χ4n) is 2.07. The molecule has 0 amide bonds. The molecule has 0 radical (unpaired) electrons. The summed E-state index contributed by atoms with van der Waals surface area (Å²) in [4.78, 5) is 4.61. The maximum Gasteiger partial charge on any atom is 0.129 e. The van der Waals surface area contributed by atoms with Gasteiger partial charge < -0.3 is 15.2 Å². The second-order valence-corrected chi connectivity index (χ2v) is 5.73. The molecule has 0 fully saturated rings. The molecule has 2 aromatic rings. The van der Waals surface area contributed by atoms with E-state index >= 15 is 0 Å². The molecule has 1 atom stereocenters. The highest BCUT2D eigenvalue weighted by Gasteiger charge is 2.15. The molecular formula is C16H22N2O2S. The van der Waals surface area contributed by atoms with E-state index in [1.54, 1.807) is 11.3 Å². The Morgan fingerprint density at radius 2 is 1.86 bits per heavy atom. The smallest absolute Gasteiger partial charge is 0.129 e. The molecule has 1 heterocycles. The third-order valence-electron chi connectivity index (χ3n) is 3.06. The van der Waals surface area contributed by atoms with Crippen molar-refractivity contribution in [3.63, 3.8) is 0 Å². The summed E-state index contributed by atoms with van der Waals surface area (Å²) in [6.45, 7) is 9.16.